The summed E-state index contributed by atoms with van der Waals surface area (Å²) in [6.45, 7) is 1.81. The average Bonchev–Trinajstić information content (AvgIpc) is 3.58. The average molecular weight is 539 g/mol. The van der Waals surface area contributed by atoms with E-state index in [1.54, 1.807) is 31.3 Å². The van der Waals surface area contributed by atoms with Crippen molar-refractivity contribution in [3.05, 3.63) is 53.0 Å². The Kier molecular flexibility index (Phi) is 6.81. The van der Waals surface area contributed by atoms with E-state index in [1.165, 1.54) is 12.0 Å². The van der Waals surface area contributed by atoms with E-state index < -0.39 is 23.8 Å². The van der Waals surface area contributed by atoms with Crippen LogP contribution in [0.2, 0.25) is 0 Å². The van der Waals surface area contributed by atoms with E-state index in [9.17, 15) is 23.6 Å². The fraction of sp³-hybridized carbons (Fsp3) is 0.346. The molecule has 1 aromatic carbocycles. The number of carbonyl (C=O) groups excluding carboxylic acids is 4. The van der Waals surface area contributed by atoms with E-state index in [0.717, 1.165) is 30.8 Å². The summed E-state index contributed by atoms with van der Waals surface area (Å²) >= 11 is 0. The SMILES string of the molecule is COc1ccc2c(c1F)C(=O)N(C)C2.NC(=O)C1CCCN(c2ccc3oc(C4NC(=O)NC4=O)cc3n2)C1. The Hall–Kier alpha value is -4.68. The van der Waals surface area contributed by atoms with Crippen molar-refractivity contribution in [3.63, 3.8) is 0 Å². The fourth-order valence-electron chi connectivity index (χ4n) is 4.92. The number of aromatic nitrogens is 1. The number of ether oxygens (including phenoxy) is 1. The molecular formula is C26H27FN6O6. The maximum Gasteiger partial charge on any atom is 0.322 e. The van der Waals surface area contributed by atoms with E-state index in [0.29, 0.717) is 29.9 Å². The molecule has 0 saturated carbocycles. The van der Waals surface area contributed by atoms with Crippen molar-refractivity contribution in [2.45, 2.75) is 25.4 Å². The molecule has 0 radical (unpaired) electrons. The Balaban J connectivity index is 0.000000186. The number of pyridine rings is 1. The third kappa shape index (κ3) is 4.94. The van der Waals surface area contributed by atoms with Gasteiger partial charge in [-0.25, -0.2) is 14.2 Å². The van der Waals surface area contributed by atoms with Crippen LogP contribution in [0.15, 0.2) is 34.7 Å². The summed E-state index contributed by atoms with van der Waals surface area (Å²) in [6, 6.07) is 7.09. The first-order chi connectivity index (χ1) is 18.7. The van der Waals surface area contributed by atoms with Crippen LogP contribution in [-0.2, 0) is 16.1 Å². The van der Waals surface area contributed by atoms with Crippen molar-refractivity contribution in [2.24, 2.45) is 11.7 Å². The van der Waals surface area contributed by atoms with E-state index in [4.69, 9.17) is 14.9 Å². The monoisotopic (exact) mass is 538 g/mol. The van der Waals surface area contributed by atoms with Crippen molar-refractivity contribution in [1.82, 2.24) is 20.5 Å². The molecule has 2 aromatic heterocycles. The lowest BCUT2D eigenvalue weighted by atomic mass is 9.97. The Labute approximate surface area is 222 Å². The highest BCUT2D eigenvalue weighted by molar-refractivity contribution is 6.04. The first-order valence-electron chi connectivity index (χ1n) is 12.3. The van der Waals surface area contributed by atoms with E-state index >= 15 is 0 Å². The fourth-order valence-corrected chi connectivity index (χ4v) is 4.92. The smallest absolute Gasteiger partial charge is 0.322 e. The van der Waals surface area contributed by atoms with Gasteiger partial charge >= 0.3 is 6.03 Å². The number of halogens is 1. The van der Waals surface area contributed by atoms with Gasteiger partial charge in [0.05, 0.1) is 18.6 Å². The van der Waals surface area contributed by atoms with Crippen molar-refractivity contribution in [2.75, 3.05) is 32.1 Å². The summed E-state index contributed by atoms with van der Waals surface area (Å²) in [5, 5.41) is 4.66. The molecule has 0 aliphatic carbocycles. The number of piperidine rings is 1. The number of carbonyl (C=O) groups is 4. The number of rotatable bonds is 4. The van der Waals surface area contributed by atoms with Gasteiger partial charge in [-0.1, -0.05) is 6.07 Å². The van der Waals surface area contributed by atoms with E-state index in [-0.39, 0.29) is 29.0 Å². The highest BCUT2D eigenvalue weighted by atomic mass is 19.1. The van der Waals surface area contributed by atoms with Gasteiger partial charge in [0.1, 0.15) is 17.1 Å². The van der Waals surface area contributed by atoms with Gasteiger partial charge in [-0.15, -0.1) is 0 Å². The number of furan rings is 1. The number of anilines is 1. The summed E-state index contributed by atoms with van der Waals surface area (Å²) < 4.78 is 24.1. The lowest BCUT2D eigenvalue weighted by molar-refractivity contribution is -0.122. The van der Waals surface area contributed by atoms with Crippen LogP contribution in [-0.4, -0.2) is 60.9 Å². The molecule has 5 amide bonds. The number of nitrogens with one attached hydrogen (secondary N) is 2. The van der Waals surface area contributed by atoms with Crippen LogP contribution < -0.4 is 26.0 Å². The molecule has 3 aliphatic heterocycles. The zero-order valence-electron chi connectivity index (χ0n) is 21.3. The molecule has 3 aromatic rings. The third-order valence-corrected chi connectivity index (χ3v) is 6.97. The van der Waals surface area contributed by atoms with Crippen LogP contribution in [0.5, 0.6) is 5.75 Å². The zero-order valence-corrected chi connectivity index (χ0v) is 21.3. The lowest BCUT2D eigenvalue weighted by Crippen LogP contribution is -2.41. The minimum Gasteiger partial charge on any atom is -0.494 e. The minimum absolute atomic E-state index is 0.118. The van der Waals surface area contributed by atoms with E-state index in [2.05, 4.69) is 15.6 Å². The van der Waals surface area contributed by atoms with Gasteiger partial charge in [-0.3, -0.25) is 19.7 Å². The number of hydrogen-bond acceptors (Lipinski definition) is 8. The number of imide groups is 1. The molecule has 13 heteroatoms. The van der Waals surface area contributed by atoms with Crippen LogP contribution in [0.25, 0.3) is 11.1 Å². The topological polar surface area (TPSA) is 160 Å². The molecular weight excluding hydrogens is 511 g/mol. The molecule has 2 saturated heterocycles. The van der Waals surface area contributed by atoms with Crippen molar-refractivity contribution >= 4 is 40.7 Å². The molecule has 4 N–H and O–H groups in total. The highest BCUT2D eigenvalue weighted by Gasteiger charge is 2.34. The molecule has 0 spiro atoms. The third-order valence-electron chi connectivity index (χ3n) is 6.97. The molecule has 2 fully saturated rings. The molecule has 2 unspecified atom stereocenters. The first-order valence-corrected chi connectivity index (χ1v) is 12.3. The van der Waals surface area contributed by atoms with Crippen molar-refractivity contribution < 1.29 is 32.7 Å². The van der Waals surface area contributed by atoms with Crippen LogP contribution in [0.3, 0.4) is 0 Å². The van der Waals surface area contributed by atoms with Crippen LogP contribution in [0.4, 0.5) is 15.0 Å². The van der Waals surface area contributed by atoms with Gasteiger partial charge in [0, 0.05) is 32.7 Å². The lowest BCUT2D eigenvalue weighted by Gasteiger charge is -2.32. The summed E-state index contributed by atoms with van der Waals surface area (Å²) in [7, 11) is 3.03. The molecule has 0 bridgehead atoms. The van der Waals surface area contributed by atoms with Crippen LogP contribution >= 0.6 is 0 Å². The molecule has 204 valence electrons. The van der Waals surface area contributed by atoms with Gasteiger partial charge in [-0.05, 0) is 36.6 Å². The van der Waals surface area contributed by atoms with Crippen LogP contribution in [0, 0.1) is 11.7 Å². The minimum atomic E-state index is -0.848. The Morgan fingerprint density at radius 3 is 2.72 bits per heavy atom. The second-order valence-corrected chi connectivity index (χ2v) is 9.56. The summed E-state index contributed by atoms with van der Waals surface area (Å²) in [6.07, 6.45) is 1.67. The summed E-state index contributed by atoms with van der Waals surface area (Å²) in [4.78, 5) is 54.0. The number of benzene rings is 1. The number of nitrogens with two attached hydrogens (primary N) is 1. The molecule has 39 heavy (non-hydrogen) atoms. The number of amides is 5. The normalized spacial score (nSPS) is 20.3. The zero-order chi connectivity index (χ0) is 27.8. The van der Waals surface area contributed by atoms with E-state index in [1.807, 2.05) is 11.0 Å². The predicted molar refractivity (Wildman–Crippen MR) is 136 cm³/mol. The number of urea groups is 1. The molecule has 6 rings (SSSR count). The molecule has 12 nitrogen and oxygen atoms in total. The Morgan fingerprint density at radius 1 is 1.23 bits per heavy atom. The second-order valence-electron chi connectivity index (χ2n) is 9.56. The number of methoxy groups -OCH3 is 1. The van der Waals surface area contributed by atoms with Gasteiger partial charge in [0.2, 0.25) is 5.91 Å². The van der Waals surface area contributed by atoms with Gasteiger partial charge in [0.15, 0.2) is 23.2 Å². The van der Waals surface area contributed by atoms with Crippen molar-refractivity contribution in [3.8, 4) is 5.75 Å². The molecule has 2 atom stereocenters. The molecule has 5 heterocycles. The van der Waals surface area contributed by atoms with Gasteiger partial charge < -0.3 is 30.0 Å². The van der Waals surface area contributed by atoms with Gasteiger partial charge in [0.25, 0.3) is 11.8 Å². The summed E-state index contributed by atoms with van der Waals surface area (Å²) in [5.41, 5.74) is 7.40. The predicted octanol–water partition coefficient (Wildman–Crippen LogP) is 1.83. The maximum atomic E-state index is 13.6. The molecule has 3 aliphatic rings. The summed E-state index contributed by atoms with van der Waals surface area (Å²) in [5.74, 6) is -0.585. The Morgan fingerprint density at radius 2 is 2.03 bits per heavy atom. The van der Waals surface area contributed by atoms with Gasteiger partial charge in [-0.2, -0.15) is 0 Å². The maximum absolute atomic E-state index is 13.6. The largest absolute Gasteiger partial charge is 0.494 e. The van der Waals surface area contributed by atoms with Crippen LogP contribution in [0.1, 0.15) is 40.6 Å². The number of hydrogen-bond donors (Lipinski definition) is 3. The standard InChI is InChI=1S/C16H17N5O4.C10H10FNO2/c17-14(22)8-2-1-5-21(7-8)12-4-3-10-9(18-12)6-11(25-10)13-15(23)20-16(24)19-13;1-12-5-6-3-4-7(14-2)9(11)8(6)10(12)13/h3-4,6,8,13H,1-2,5,7H2,(H2,17,22)(H2,19,20,23,24);3-4H,5H2,1-2H3. The quantitative estimate of drug-likeness (QED) is 0.424. The highest BCUT2D eigenvalue weighted by Crippen LogP contribution is 2.30. The number of fused-ring (bicyclic) bond motifs is 2. The second kappa shape index (κ2) is 10.2. The number of nitrogens with zero attached hydrogens (tertiary/aromatic N) is 3. The Bertz CT molecular complexity index is 1490. The van der Waals surface area contributed by atoms with Crippen molar-refractivity contribution in [1.29, 1.82) is 0 Å². The number of primary amides is 1. The first kappa shape index (κ1) is 25.9.